The smallest absolute Gasteiger partial charge is 0.231 e. The molecule has 0 radical (unpaired) electrons. The number of nitrogens with zero attached hydrogens (tertiary/aromatic N) is 2. The largest absolute Gasteiger partial charge is 0.392 e. The number of rotatable bonds is 4. The van der Waals surface area contributed by atoms with E-state index in [0.717, 1.165) is 25.7 Å². The summed E-state index contributed by atoms with van der Waals surface area (Å²) in [4.78, 5) is 12.1. The van der Waals surface area contributed by atoms with E-state index in [2.05, 4.69) is 24.3 Å². The zero-order valence-corrected chi connectivity index (χ0v) is 11.0. The molecule has 1 amide bonds. The van der Waals surface area contributed by atoms with Crippen LogP contribution in [0.4, 0.5) is 5.82 Å². The van der Waals surface area contributed by atoms with Gasteiger partial charge in [0, 0.05) is 6.07 Å². The highest BCUT2D eigenvalue weighted by Gasteiger charge is 2.31. The standard InChI is InChI=1S/C13H21N3O2/c1-3-9(2)16-12(7-8-14-16)15-13(18)10-5-4-6-11(10)17/h7-11,17H,3-6H2,1-2H3,(H,15,18). The van der Waals surface area contributed by atoms with Gasteiger partial charge in [0.05, 0.1) is 24.3 Å². The van der Waals surface area contributed by atoms with Crippen molar-refractivity contribution in [3.63, 3.8) is 0 Å². The van der Waals surface area contributed by atoms with Crippen LogP contribution in [-0.2, 0) is 4.79 Å². The fraction of sp³-hybridized carbons (Fsp3) is 0.692. The lowest BCUT2D eigenvalue weighted by Crippen LogP contribution is -2.29. The highest BCUT2D eigenvalue weighted by Crippen LogP contribution is 2.27. The molecule has 5 nitrogen and oxygen atoms in total. The van der Waals surface area contributed by atoms with Crippen molar-refractivity contribution in [1.29, 1.82) is 0 Å². The summed E-state index contributed by atoms with van der Waals surface area (Å²) < 4.78 is 1.82. The van der Waals surface area contributed by atoms with Crippen molar-refractivity contribution in [2.75, 3.05) is 5.32 Å². The van der Waals surface area contributed by atoms with E-state index >= 15 is 0 Å². The van der Waals surface area contributed by atoms with Crippen LogP contribution in [0.5, 0.6) is 0 Å². The summed E-state index contributed by atoms with van der Waals surface area (Å²) in [7, 11) is 0. The van der Waals surface area contributed by atoms with Crippen molar-refractivity contribution in [2.45, 2.75) is 51.7 Å². The number of hydrogen-bond acceptors (Lipinski definition) is 3. The Morgan fingerprint density at radius 1 is 1.67 bits per heavy atom. The minimum Gasteiger partial charge on any atom is -0.392 e. The summed E-state index contributed by atoms with van der Waals surface area (Å²) in [6, 6.07) is 2.05. The molecule has 2 rings (SSSR count). The van der Waals surface area contributed by atoms with Crippen LogP contribution in [0.15, 0.2) is 12.3 Å². The highest BCUT2D eigenvalue weighted by atomic mass is 16.3. The molecule has 18 heavy (non-hydrogen) atoms. The monoisotopic (exact) mass is 251 g/mol. The summed E-state index contributed by atoms with van der Waals surface area (Å²) in [5, 5.41) is 16.8. The maximum atomic E-state index is 12.1. The van der Waals surface area contributed by atoms with E-state index in [1.54, 1.807) is 12.3 Å². The molecule has 0 bridgehead atoms. The molecule has 5 heteroatoms. The number of anilines is 1. The molecule has 1 aromatic rings. The highest BCUT2D eigenvalue weighted by molar-refractivity contribution is 5.92. The zero-order chi connectivity index (χ0) is 13.1. The Labute approximate surface area is 107 Å². The average Bonchev–Trinajstić information content (AvgIpc) is 2.97. The Morgan fingerprint density at radius 3 is 3.06 bits per heavy atom. The van der Waals surface area contributed by atoms with E-state index in [1.165, 1.54) is 0 Å². The molecule has 2 N–H and O–H groups in total. The third-order valence-corrected chi connectivity index (χ3v) is 3.75. The number of aromatic nitrogens is 2. The van der Waals surface area contributed by atoms with Gasteiger partial charge in [-0.05, 0) is 32.6 Å². The molecule has 1 aliphatic rings. The maximum Gasteiger partial charge on any atom is 0.231 e. The van der Waals surface area contributed by atoms with Gasteiger partial charge in [-0.2, -0.15) is 5.10 Å². The van der Waals surface area contributed by atoms with Gasteiger partial charge in [0.2, 0.25) is 5.91 Å². The van der Waals surface area contributed by atoms with Crippen LogP contribution in [0.25, 0.3) is 0 Å². The number of carbonyl (C=O) groups excluding carboxylic acids is 1. The second kappa shape index (κ2) is 5.52. The van der Waals surface area contributed by atoms with Crippen molar-refractivity contribution >= 4 is 11.7 Å². The Hall–Kier alpha value is -1.36. The van der Waals surface area contributed by atoms with E-state index in [-0.39, 0.29) is 17.9 Å². The van der Waals surface area contributed by atoms with Crippen LogP contribution in [0.1, 0.15) is 45.6 Å². The Bertz CT molecular complexity index is 416. The molecule has 0 aliphatic heterocycles. The fourth-order valence-corrected chi connectivity index (χ4v) is 2.40. The second-order valence-corrected chi connectivity index (χ2v) is 5.01. The van der Waals surface area contributed by atoms with Crippen molar-refractivity contribution in [3.8, 4) is 0 Å². The summed E-state index contributed by atoms with van der Waals surface area (Å²) in [6.45, 7) is 4.14. The Kier molecular flexibility index (Phi) is 4.01. The second-order valence-electron chi connectivity index (χ2n) is 5.01. The minimum atomic E-state index is -0.495. The predicted molar refractivity (Wildman–Crippen MR) is 69.2 cm³/mol. The van der Waals surface area contributed by atoms with Gasteiger partial charge in [-0.15, -0.1) is 0 Å². The van der Waals surface area contributed by atoms with Gasteiger partial charge in [-0.25, -0.2) is 4.68 Å². The van der Waals surface area contributed by atoms with Crippen molar-refractivity contribution in [1.82, 2.24) is 9.78 Å². The molecular weight excluding hydrogens is 230 g/mol. The van der Waals surface area contributed by atoms with E-state index in [4.69, 9.17) is 0 Å². The maximum absolute atomic E-state index is 12.1. The summed E-state index contributed by atoms with van der Waals surface area (Å²) in [6.07, 6.45) is 4.56. The lowest BCUT2D eigenvalue weighted by Gasteiger charge is -2.17. The first-order valence-corrected chi connectivity index (χ1v) is 6.66. The van der Waals surface area contributed by atoms with E-state index < -0.39 is 6.10 Å². The molecule has 1 aromatic heterocycles. The number of carbonyl (C=O) groups is 1. The first-order valence-electron chi connectivity index (χ1n) is 6.66. The third kappa shape index (κ3) is 2.56. The summed E-state index contributed by atoms with van der Waals surface area (Å²) in [5.41, 5.74) is 0. The lowest BCUT2D eigenvalue weighted by atomic mass is 10.1. The Balaban J connectivity index is 2.05. The number of nitrogens with one attached hydrogen (secondary N) is 1. The van der Waals surface area contributed by atoms with Crippen LogP contribution in [0.2, 0.25) is 0 Å². The topological polar surface area (TPSA) is 67.2 Å². The van der Waals surface area contributed by atoms with Gasteiger partial charge in [0.15, 0.2) is 0 Å². The van der Waals surface area contributed by atoms with Crippen molar-refractivity contribution in [2.24, 2.45) is 5.92 Å². The molecule has 1 aliphatic carbocycles. The number of hydrogen-bond donors (Lipinski definition) is 2. The number of amides is 1. The van der Waals surface area contributed by atoms with Crippen LogP contribution in [-0.4, -0.2) is 26.9 Å². The van der Waals surface area contributed by atoms with Crippen molar-refractivity contribution < 1.29 is 9.90 Å². The molecule has 1 fully saturated rings. The average molecular weight is 251 g/mol. The molecule has 3 unspecified atom stereocenters. The minimum absolute atomic E-state index is 0.0925. The van der Waals surface area contributed by atoms with E-state index in [0.29, 0.717) is 5.82 Å². The lowest BCUT2D eigenvalue weighted by molar-refractivity contribution is -0.122. The Morgan fingerprint density at radius 2 is 2.44 bits per heavy atom. The summed E-state index contributed by atoms with van der Waals surface area (Å²) >= 11 is 0. The predicted octanol–water partition coefficient (Wildman–Crippen LogP) is 1.95. The molecule has 1 heterocycles. The van der Waals surface area contributed by atoms with Crippen LogP contribution < -0.4 is 5.32 Å². The van der Waals surface area contributed by atoms with Crippen molar-refractivity contribution in [3.05, 3.63) is 12.3 Å². The van der Waals surface area contributed by atoms with Gasteiger partial charge in [0.25, 0.3) is 0 Å². The van der Waals surface area contributed by atoms with Crippen LogP contribution in [0, 0.1) is 5.92 Å². The molecule has 0 spiro atoms. The zero-order valence-electron chi connectivity index (χ0n) is 11.0. The number of aliphatic hydroxyl groups is 1. The molecule has 3 atom stereocenters. The molecule has 0 saturated heterocycles. The van der Waals surface area contributed by atoms with Gasteiger partial charge < -0.3 is 10.4 Å². The van der Waals surface area contributed by atoms with Crippen LogP contribution in [0.3, 0.4) is 0 Å². The molecule has 0 aromatic carbocycles. The third-order valence-electron chi connectivity index (χ3n) is 3.75. The SMILES string of the molecule is CCC(C)n1nccc1NC(=O)C1CCCC1O. The first-order chi connectivity index (χ1) is 8.63. The van der Waals surface area contributed by atoms with Crippen LogP contribution >= 0.6 is 0 Å². The van der Waals surface area contributed by atoms with E-state index in [1.807, 2.05) is 4.68 Å². The molecular formula is C13H21N3O2. The van der Waals surface area contributed by atoms with E-state index in [9.17, 15) is 9.90 Å². The quantitative estimate of drug-likeness (QED) is 0.859. The normalized spacial score (nSPS) is 25.1. The van der Waals surface area contributed by atoms with Gasteiger partial charge in [-0.3, -0.25) is 4.79 Å². The first kappa shape index (κ1) is 13.1. The summed E-state index contributed by atoms with van der Waals surface area (Å²) in [5.74, 6) is 0.351. The fourth-order valence-electron chi connectivity index (χ4n) is 2.40. The van der Waals surface area contributed by atoms with Gasteiger partial charge >= 0.3 is 0 Å². The van der Waals surface area contributed by atoms with Gasteiger partial charge in [0.1, 0.15) is 5.82 Å². The van der Waals surface area contributed by atoms with Gasteiger partial charge in [-0.1, -0.05) is 6.92 Å². The molecule has 100 valence electrons. The molecule has 1 saturated carbocycles. The number of aliphatic hydroxyl groups excluding tert-OH is 1.